The number of ether oxygens (including phenoxy) is 1. The van der Waals surface area contributed by atoms with E-state index in [1.807, 2.05) is 51.1 Å². The Balaban J connectivity index is 2.55. The van der Waals surface area contributed by atoms with Gasteiger partial charge in [-0.2, -0.15) is 0 Å². The van der Waals surface area contributed by atoms with Crippen LogP contribution in [0.1, 0.15) is 51.7 Å². The third kappa shape index (κ3) is 7.09. The fourth-order valence-electron chi connectivity index (χ4n) is 3.23. The minimum Gasteiger partial charge on any atom is -0.466 e. The zero-order chi connectivity index (χ0) is 23.0. The molecule has 0 atom stereocenters. The average Bonchev–Trinajstić information content (AvgIpc) is 2.70. The Kier molecular flexibility index (Phi) is 8.61. The van der Waals surface area contributed by atoms with Crippen LogP contribution in [0.2, 0.25) is 5.02 Å². The number of nitrogens with zero attached hydrogens (tertiary/aromatic N) is 2. The Morgan fingerprint density at radius 3 is 2.39 bits per heavy atom. The van der Waals surface area contributed by atoms with Crippen LogP contribution in [0.4, 0.5) is 5.69 Å². The van der Waals surface area contributed by atoms with Crippen molar-refractivity contribution < 1.29 is 14.3 Å². The van der Waals surface area contributed by atoms with Crippen LogP contribution in [0.15, 0.2) is 48.5 Å². The van der Waals surface area contributed by atoms with Crippen LogP contribution in [0.5, 0.6) is 0 Å². The Labute approximate surface area is 189 Å². The molecule has 5 nitrogen and oxygen atoms in total. The predicted octanol–water partition coefficient (Wildman–Crippen LogP) is 4.67. The van der Waals surface area contributed by atoms with E-state index in [0.717, 1.165) is 5.56 Å². The minimum absolute atomic E-state index is 0.0863. The van der Waals surface area contributed by atoms with Crippen LogP contribution in [0.3, 0.4) is 0 Å². The maximum absolute atomic E-state index is 13.3. The van der Waals surface area contributed by atoms with Gasteiger partial charge in [-0.05, 0) is 42.7 Å². The number of esters is 1. The number of hydrogen-bond acceptors (Lipinski definition) is 3. The quantitative estimate of drug-likeness (QED) is 0.340. The molecular formula is C25H30ClN2O3+. The predicted molar refractivity (Wildman–Crippen MR) is 128 cm³/mol. The lowest BCUT2D eigenvalue weighted by Crippen LogP contribution is -2.36. The highest BCUT2D eigenvalue weighted by Crippen LogP contribution is 2.29. The molecule has 31 heavy (non-hydrogen) atoms. The van der Waals surface area contributed by atoms with Crippen LogP contribution in [-0.4, -0.2) is 37.5 Å². The van der Waals surface area contributed by atoms with Gasteiger partial charge in [-0.25, -0.2) is 0 Å². The summed E-state index contributed by atoms with van der Waals surface area (Å²) in [5.41, 5.74) is 2.57. The van der Waals surface area contributed by atoms with Crippen LogP contribution < -0.4 is 9.57 Å². The Morgan fingerprint density at radius 2 is 1.81 bits per heavy atom. The highest BCUT2D eigenvalue weighted by molar-refractivity contribution is 6.31. The molecule has 1 amide bonds. The maximum Gasteiger partial charge on any atom is 0.342 e. The SMILES string of the molecule is C=[N+]=C(c1ccccc1)c1cc(Cl)ccc1N(CCC(=O)OCC)C(=O)CC(C)(C)C. The molecule has 0 aromatic heterocycles. The van der Waals surface area contributed by atoms with Crippen LogP contribution in [-0.2, 0) is 14.3 Å². The van der Waals surface area contributed by atoms with Crippen molar-refractivity contribution >= 4 is 41.6 Å². The van der Waals surface area contributed by atoms with Crippen molar-refractivity contribution in [3.05, 3.63) is 64.7 Å². The summed E-state index contributed by atoms with van der Waals surface area (Å²) in [6.07, 6.45) is 0.411. The van der Waals surface area contributed by atoms with E-state index >= 15 is 0 Å². The van der Waals surface area contributed by atoms with Gasteiger partial charge in [-0.1, -0.05) is 55.2 Å². The highest BCUT2D eigenvalue weighted by atomic mass is 35.5. The first-order valence-electron chi connectivity index (χ1n) is 10.3. The molecule has 0 heterocycles. The first kappa shape index (κ1) is 24.4. The van der Waals surface area contributed by atoms with E-state index < -0.39 is 0 Å². The van der Waals surface area contributed by atoms with Gasteiger partial charge in [0.25, 0.3) is 6.72 Å². The van der Waals surface area contributed by atoms with E-state index in [0.29, 0.717) is 35.0 Å². The molecule has 0 saturated carbocycles. The smallest absolute Gasteiger partial charge is 0.342 e. The summed E-state index contributed by atoms with van der Waals surface area (Å²) in [6, 6.07) is 14.9. The fraction of sp³-hybridized carbons (Fsp3) is 0.360. The first-order valence-corrected chi connectivity index (χ1v) is 10.7. The fourth-order valence-corrected chi connectivity index (χ4v) is 3.40. The molecule has 0 bridgehead atoms. The molecule has 2 aromatic carbocycles. The van der Waals surface area contributed by atoms with Gasteiger partial charge in [0.15, 0.2) is 0 Å². The van der Waals surface area contributed by atoms with Gasteiger partial charge in [0, 0.05) is 18.0 Å². The van der Waals surface area contributed by atoms with Crippen molar-refractivity contribution in [3.63, 3.8) is 0 Å². The Hall–Kier alpha value is -2.88. The molecule has 0 saturated heterocycles. The highest BCUT2D eigenvalue weighted by Gasteiger charge is 2.29. The van der Waals surface area contributed by atoms with Crippen molar-refractivity contribution in [3.8, 4) is 0 Å². The average molecular weight is 442 g/mol. The van der Waals surface area contributed by atoms with Crippen LogP contribution in [0, 0.1) is 5.41 Å². The van der Waals surface area contributed by atoms with E-state index in [4.69, 9.17) is 16.3 Å². The third-order valence-electron chi connectivity index (χ3n) is 4.54. The zero-order valence-electron chi connectivity index (χ0n) is 18.7. The summed E-state index contributed by atoms with van der Waals surface area (Å²) in [7, 11) is 0. The zero-order valence-corrected chi connectivity index (χ0v) is 19.4. The molecule has 0 radical (unpaired) electrons. The number of halogens is 1. The van der Waals surface area contributed by atoms with E-state index in [9.17, 15) is 9.59 Å². The van der Waals surface area contributed by atoms with Crippen molar-refractivity contribution in [2.45, 2.75) is 40.5 Å². The van der Waals surface area contributed by atoms with Gasteiger partial charge >= 0.3 is 11.7 Å². The number of rotatable bonds is 8. The minimum atomic E-state index is -0.347. The van der Waals surface area contributed by atoms with Crippen LogP contribution >= 0.6 is 11.6 Å². The van der Waals surface area contributed by atoms with Crippen molar-refractivity contribution in [2.24, 2.45) is 5.41 Å². The standard InChI is InChI=1S/C25H30ClN2O3/c1-6-31-23(30)14-15-28(22(29)17-25(2,3)4)21-13-12-19(26)16-20(21)24(27-5)18-10-8-7-9-11-18/h7-13,16H,5-6,14-15,17H2,1-4H3/q+1. The Bertz CT molecular complexity index is 974. The first-order chi connectivity index (χ1) is 14.7. The molecular weight excluding hydrogens is 412 g/mol. The number of benzene rings is 2. The third-order valence-corrected chi connectivity index (χ3v) is 4.77. The maximum atomic E-state index is 13.3. The normalized spacial score (nSPS) is 10.9. The van der Waals surface area contributed by atoms with Gasteiger partial charge in [-0.3, -0.25) is 9.59 Å². The van der Waals surface area contributed by atoms with Gasteiger partial charge in [0.2, 0.25) is 5.91 Å². The second kappa shape index (κ2) is 10.9. The molecule has 0 N–H and O–H groups in total. The van der Waals surface area contributed by atoms with Crippen molar-refractivity contribution in [1.82, 2.24) is 4.67 Å². The summed E-state index contributed by atoms with van der Waals surface area (Å²) in [5, 5.41) is 0.518. The molecule has 0 aliphatic heterocycles. The molecule has 6 heteroatoms. The van der Waals surface area contributed by atoms with Gasteiger partial charge in [-0.15, -0.1) is 0 Å². The molecule has 164 valence electrons. The summed E-state index contributed by atoms with van der Waals surface area (Å²) in [5.74, 6) is -0.433. The number of anilines is 1. The number of hydrogen-bond donors (Lipinski definition) is 0. The summed E-state index contributed by atoms with van der Waals surface area (Å²) < 4.78 is 9.31. The molecule has 0 unspecified atom stereocenters. The topological polar surface area (TPSA) is 60.7 Å². The lowest BCUT2D eigenvalue weighted by atomic mass is 9.91. The van der Waals surface area contributed by atoms with Gasteiger partial charge in [0.1, 0.15) is 0 Å². The Morgan fingerprint density at radius 1 is 1.13 bits per heavy atom. The second-order valence-electron chi connectivity index (χ2n) is 8.37. The van der Waals surface area contributed by atoms with Crippen molar-refractivity contribution in [2.75, 3.05) is 18.1 Å². The number of amides is 1. The monoisotopic (exact) mass is 441 g/mol. The van der Waals surface area contributed by atoms with Crippen molar-refractivity contribution in [1.29, 1.82) is 0 Å². The largest absolute Gasteiger partial charge is 0.466 e. The molecule has 0 fully saturated rings. The second-order valence-corrected chi connectivity index (χ2v) is 8.81. The molecule has 2 aromatic rings. The molecule has 0 aliphatic rings. The van der Waals surface area contributed by atoms with Gasteiger partial charge < -0.3 is 9.64 Å². The lowest BCUT2D eigenvalue weighted by molar-refractivity contribution is -0.142. The number of carbonyl (C=O) groups excluding carboxylic acids is 2. The van der Waals surface area contributed by atoms with Gasteiger partial charge in [0.05, 0.1) is 29.8 Å². The van der Waals surface area contributed by atoms with E-state index in [2.05, 4.69) is 11.4 Å². The number of carbonyl (C=O) groups is 2. The summed E-state index contributed by atoms with van der Waals surface area (Å²) in [6.45, 7) is 12.0. The molecule has 0 spiro atoms. The summed E-state index contributed by atoms with van der Waals surface area (Å²) >= 11 is 6.31. The van der Waals surface area contributed by atoms with E-state index in [-0.39, 0.29) is 30.3 Å². The van der Waals surface area contributed by atoms with E-state index in [1.165, 1.54) is 0 Å². The van der Waals surface area contributed by atoms with E-state index in [1.54, 1.807) is 30.0 Å². The summed E-state index contributed by atoms with van der Waals surface area (Å²) in [4.78, 5) is 26.9. The molecule has 2 rings (SSSR count). The lowest BCUT2D eigenvalue weighted by Gasteiger charge is -2.27. The molecule has 0 aliphatic carbocycles. The van der Waals surface area contributed by atoms with Crippen LogP contribution in [0.25, 0.3) is 0 Å².